The highest BCUT2D eigenvalue weighted by atomic mass is 79.9. The molecular formula is C19H13BrClNO3S. The van der Waals surface area contributed by atoms with Crippen molar-refractivity contribution < 1.29 is 14.3 Å². The molecule has 3 aromatic rings. The minimum absolute atomic E-state index is 0.261. The molecule has 0 saturated carbocycles. The van der Waals surface area contributed by atoms with Gasteiger partial charge >= 0.3 is 5.97 Å². The van der Waals surface area contributed by atoms with Gasteiger partial charge in [0, 0.05) is 16.0 Å². The highest BCUT2D eigenvalue weighted by Gasteiger charge is 2.09. The van der Waals surface area contributed by atoms with Crippen LogP contribution < -0.4 is 0 Å². The van der Waals surface area contributed by atoms with Crippen LogP contribution in [0.25, 0.3) is 0 Å². The lowest BCUT2D eigenvalue weighted by molar-refractivity contribution is 0.0697. The Balaban J connectivity index is 1.64. The Morgan fingerprint density at radius 3 is 2.54 bits per heavy atom. The zero-order valence-corrected chi connectivity index (χ0v) is 16.5. The molecule has 0 saturated heterocycles. The molecule has 0 spiro atoms. The highest BCUT2D eigenvalue weighted by Crippen LogP contribution is 2.35. The van der Waals surface area contributed by atoms with Crippen LogP contribution in [0.4, 0.5) is 0 Å². The molecule has 26 heavy (non-hydrogen) atoms. The number of furan rings is 1. The second-order valence-electron chi connectivity index (χ2n) is 5.31. The highest BCUT2D eigenvalue weighted by molar-refractivity contribution is 9.10. The fourth-order valence-electron chi connectivity index (χ4n) is 2.11. The van der Waals surface area contributed by atoms with Gasteiger partial charge in [-0.25, -0.2) is 4.79 Å². The molecule has 1 heterocycles. The van der Waals surface area contributed by atoms with Crippen LogP contribution >= 0.6 is 39.3 Å². The number of hydrogen-bond donors (Lipinski definition) is 1. The first-order valence-electron chi connectivity index (χ1n) is 7.56. The molecule has 2 aromatic carbocycles. The fraction of sp³-hybridized carbons (Fsp3) is 0.0526. The maximum absolute atomic E-state index is 10.8. The second kappa shape index (κ2) is 8.58. The fourth-order valence-corrected chi connectivity index (χ4v) is 3.56. The van der Waals surface area contributed by atoms with E-state index in [1.807, 2.05) is 30.3 Å². The first kappa shape index (κ1) is 18.8. The maximum Gasteiger partial charge on any atom is 0.335 e. The van der Waals surface area contributed by atoms with Crippen molar-refractivity contribution in [1.29, 1.82) is 0 Å². The van der Waals surface area contributed by atoms with E-state index in [2.05, 4.69) is 20.9 Å². The van der Waals surface area contributed by atoms with Gasteiger partial charge in [0.25, 0.3) is 0 Å². The lowest BCUT2D eigenvalue weighted by Crippen LogP contribution is -1.95. The summed E-state index contributed by atoms with van der Waals surface area (Å²) in [5, 5.41) is 10.3. The van der Waals surface area contributed by atoms with Crippen molar-refractivity contribution >= 4 is 51.5 Å². The third-order valence-electron chi connectivity index (χ3n) is 3.39. The molecule has 0 radical (unpaired) electrons. The molecule has 4 nitrogen and oxygen atoms in total. The molecule has 0 amide bonds. The largest absolute Gasteiger partial charge is 0.478 e. The van der Waals surface area contributed by atoms with E-state index in [9.17, 15) is 4.79 Å². The lowest BCUT2D eigenvalue weighted by atomic mass is 10.1. The number of rotatable bonds is 6. The van der Waals surface area contributed by atoms with Crippen LogP contribution in [0, 0.1) is 0 Å². The van der Waals surface area contributed by atoms with Crippen molar-refractivity contribution in [2.24, 2.45) is 4.99 Å². The molecular weight excluding hydrogens is 438 g/mol. The molecule has 3 rings (SSSR count). The summed E-state index contributed by atoms with van der Waals surface area (Å²) in [6.07, 6.45) is 1.65. The molecule has 0 atom stereocenters. The lowest BCUT2D eigenvalue weighted by Gasteiger charge is -1.99. The summed E-state index contributed by atoms with van der Waals surface area (Å²) in [5.74, 6) is -0.304. The van der Waals surface area contributed by atoms with Crippen molar-refractivity contribution in [3.63, 3.8) is 0 Å². The molecule has 0 aliphatic heterocycles. The van der Waals surface area contributed by atoms with Gasteiger partial charge < -0.3 is 9.52 Å². The van der Waals surface area contributed by atoms with Crippen LogP contribution in [0.3, 0.4) is 0 Å². The number of aromatic carboxylic acids is 1. The summed E-state index contributed by atoms with van der Waals surface area (Å²) >= 11 is 10.9. The Labute approximate surface area is 168 Å². The zero-order chi connectivity index (χ0) is 18.5. The third-order valence-corrected chi connectivity index (χ3v) is 5.49. The summed E-state index contributed by atoms with van der Waals surface area (Å²) < 4.78 is 6.64. The topological polar surface area (TPSA) is 62.8 Å². The predicted molar refractivity (Wildman–Crippen MR) is 107 cm³/mol. The predicted octanol–water partition coefficient (Wildman–Crippen LogP) is 6.16. The van der Waals surface area contributed by atoms with Crippen molar-refractivity contribution in [3.8, 4) is 0 Å². The number of nitrogens with zero attached hydrogens (tertiary/aromatic N) is 1. The van der Waals surface area contributed by atoms with Gasteiger partial charge in [-0.15, -0.1) is 0 Å². The van der Waals surface area contributed by atoms with Crippen molar-refractivity contribution in [2.45, 2.75) is 16.5 Å². The maximum atomic E-state index is 10.8. The van der Waals surface area contributed by atoms with E-state index in [4.69, 9.17) is 21.1 Å². The van der Waals surface area contributed by atoms with E-state index in [1.165, 1.54) is 11.8 Å². The number of carboxylic acids is 1. The summed E-state index contributed by atoms with van der Waals surface area (Å²) in [5.41, 5.74) is 1.18. The molecule has 0 bridgehead atoms. The van der Waals surface area contributed by atoms with Crippen molar-refractivity contribution in [2.75, 3.05) is 0 Å². The second-order valence-corrected chi connectivity index (χ2v) is 7.65. The van der Waals surface area contributed by atoms with Crippen LogP contribution in [-0.2, 0) is 6.54 Å². The number of aliphatic imine (C=N–C) groups is 1. The average molecular weight is 451 g/mol. The van der Waals surface area contributed by atoms with E-state index in [-0.39, 0.29) is 5.56 Å². The van der Waals surface area contributed by atoms with E-state index >= 15 is 0 Å². The van der Waals surface area contributed by atoms with Crippen LogP contribution in [-0.4, -0.2) is 17.3 Å². The Morgan fingerprint density at radius 1 is 1.19 bits per heavy atom. The summed E-state index contributed by atoms with van der Waals surface area (Å²) in [7, 11) is 0. The molecule has 0 aliphatic rings. The monoisotopic (exact) mass is 449 g/mol. The summed E-state index contributed by atoms with van der Waals surface area (Å²) in [4.78, 5) is 16.2. The quantitative estimate of drug-likeness (QED) is 0.457. The number of hydrogen-bond acceptors (Lipinski definition) is 4. The minimum Gasteiger partial charge on any atom is -0.478 e. The van der Waals surface area contributed by atoms with Crippen molar-refractivity contribution in [3.05, 3.63) is 81.0 Å². The molecule has 1 aromatic heterocycles. The van der Waals surface area contributed by atoms with Gasteiger partial charge in [0.05, 0.1) is 22.8 Å². The number of benzene rings is 2. The third kappa shape index (κ3) is 5.00. The van der Waals surface area contributed by atoms with Crippen molar-refractivity contribution in [1.82, 2.24) is 0 Å². The molecule has 1 N–H and O–H groups in total. The van der Waals surface area contributed by atoms with E-state index < -0.39 is 5.97 Å². The number of halogens is 2. The van der Waals surface area contributed by atoms with Gasteiger partial charge in [0.1, 0.15) is 5.76 Å². The molecule has 0 fully saturated rings. The molecule has 0 aliphatic carbocycles. The van der Waals surface area contributed by atoms with Gasteiger partial charge in [-0.1, -0.05) is 35.5 Å². The first-order valence-corrected chi connectivity index (χ1v) is 9.55. The molecule has 132 valence electrons. The van der Waals surface area contributed by atoms with Gasteiger partial charge in [-0.3, -0.25) is 4.99 Å². The summed E-state index contributed by atoms with van der Waals surface area (Å²) in [6, 6.07) is 16.0. The van der Waals surface area contributed by atoms with E-state index in [1.54, 1.807) is 30.5 Å². The zero-order valence-electron chi connectivity index (χ0n) is 13.4. The number of carboxylic acid groups (broad SMARTS) is 1. The van der Waals surface area contributed by atoms with Gasteiger partial charge in [0.15, 0.2) is 5.09 Å². The van der Waals surface area contributed by atoms with E-state index in [0.717, 1.165) is 20.0 Å². The van der Waals surface area contributed by atoms with Gasteiger partial charge in [-0.2, -0.15) is 0 Å². The number of carbonyl (C=O) groups is 1. The smallest absolute Gasteiger partial charge is 0.335 e. The van der Waals surface area contributed by atoms with Crippen LogP contribution in [0.15, 0.2) is 78.5 Å². The van der Waals surface area contributed by atoms with Crippen LogP contribution in [0.1, 0.15) is 21.7 Å². The first-order chi connectivity index (χ1) is 12.5. The molecule has 7 heteroatoms. The average Bonchev–Trinajstić information content (AvgIpc) is 2.97. The van der Waals surface area contributed by atoms with Gasteiger partial charge in [-0.05, 0) is 57.9 Å². The molecule has 0 unspecified atom stereocenters. The SMILES string of the molecule is O=C(O)c1ccc(CN=Cc2cc(Br)c(Sc3ccc(Cl)cc3)o2)cc1. The van der Waals surface area contributed by atoms with E-state index in [0.29, 0.717) is 17.3 Å². The normalized spacial score (nSPS) is 11.2. The Morgan fingerprint density at radius 2 is 1.88 bits per heavy atom. The van der Waals surface area contributed by atoms with Crippen LogP contribution in [0.2, 0.25) is 5.02 Å². The van der Waals surface area contributed by atoms with Gasteiger partial charge in [0.2, 0.25) is 0 Å². The summed E-state index contributed by atoms with van der Waals surface area (Å²) in [6.45, 7) is 0.442. The Bertz CT molecular complexity index is 936. The van der Waals surface area contributed by atoms with Crippen LogP contribution in [0.5, 0.6) is 0 Å². The standard InChI is InChI=1S/C19H13BrClNO3S/c20-17-9-15(25-19(17)26-16-7-5-14(21)6-8-16)11-22-10-12-1-3-13(4-2-12)18(23)24/h1-9,11H,10H2,(H,23,24). The Hall–Kier alpha value is -2.02. The minimum atomic E-state index is -0.939. The Kier molecular flexibility index (Phi) is 6.19.